The van der Waals surface area contributed by atoms with Crippen LogP contribution in [0.4, 0.5) is 4.39 Å². The minimum Gasteiger partial charge on any atom is -0.481 e. The van der Waals surface area contributed by atoms with Crippen molar-refractivity contribution in [3.63, 3.8) is 0 Å². The molecule has 0 bridgehead atoms. The Hall–Kier alpha value is -8.63. The number of hydrogen-bond acceptors (Lipinski definition) is 9. The number of carboxylic acid groups (broad SMARTS) is 1. The highest BCUT2D eigenvalue weighted by atomic mass is 19.1. The number of carboxylic acids is 1. The molecular formula is C67H77FN8O7. The summed E-state index contributed by atoms with van der Waals surface area (Å²) in [6.45, 7) is 8.99. The van der Waals surface area contributed by atoms with E-state index in [-0.39, 0.29) is 73.7 Å². The molecule has 434 valence electrons. The number of rotatable bonds is 21. The van der Waals surface area contributed by atoms with Crippen LogP contribution in [0.5, 0.6) is 0 Å². The fourth-order valence-electron chi connectivity index (χ4n) is 10.8. The van der Waals surface area contributed by atoms with Gasteiger partial charge in [-0.2, -0.15) is 0 Å². The lowest BCUT2D eigenvalue weighted by Gasteiger charge is -2.35. The lowest BCUT2D eigenvalue weighted by atomic mass is 9.97. The molecule has 5 amide bonds. The second-order valence-electron chi connectivity index (χ2n) is 21.8. The van der Waals surface area contributed by atoms with E-state index in [1.807, 2.05) is 161 Å². The maximum atomic E-state index is 14.2. The maximum Gasteiger partial charge on any atom is 0.305 e. The average Bonchev–Trinajstić information content (AvgIpc) is 3.56. The van der Waals surface area contributed by atoms with Gasteiger partial charge >= 0.3 is 5.97 Å². The van der Waals surface area contributed by atoms with Crippen LogP contribution in [-0.4, -0.2) is 124 Å². The van der Waals surface area contributed by atoms with E-state index >= 15 is 0 Å². The molecule has 1 fully saturated rings. The molecule has 4 N–H and O–H groups in total. The fourth-order valence-corrected chi connectivity index (χ4v) is 10.8. The van der Waals surface area contributed by atoms with Crippen LogP contribution >= 0.6 is 0 Å². The van der Waals surface area contributed by atoms with Crippen molar-refractivity contribution < 1.29 is 39.6 Å². The zero-order chi connectivity index (χ0) is 60.3. The summed E-state index contributed by atoms with van der Waals surface area (Å²) in [6, 6.07) is 45.0. The van der Waals surface area contributed by atoms with Gasteiger partial charge in [0.1, 0.15) is 18.1 Å². The van der Waals surface area contributed by atoms with Crippen molar-refractivity contribution >= 4 is 78.9 Å². The Morgan fingerprint density at radius 3 is 1.72 bits per heavy atom. The molecule has 1 saturated heterocycles. The summed E-state index contributed by atoms with van der Waals surface area (Å²) in [4.78, 5) is 93.9. The molecule has 2 aromatic heterocycles. The number of carbonyl (C=O) groups is 6. The topological polar surface area (TPSA) is 194 Å². The Bertz CT molecular complexity index is 3560. The third-order valence-electron chi connectivity index (χ3n) is 14.9. The zero-order valence-electron chi connectivity index (χ0n) is 49.3. The highest BCUT2D eigenvalue weighted by molar-refractivity contribution is 5.95. The van der Waals surface area contributed by atoms with Crippen molar-refractivity contribution in [1.29, 1.82) is 0 Å². The Labute approximate surface area is 487 Å². The van der Waals surface area contributed by atoms with Crippen molar-refractivity contribution in [3.8, 4) is 0 Å². The van der Waals surface area contributed by atoms with Gasteiger partial charge in [0.2, 0.25) is 29.5 Å². The van der Waals surface area contributed by atoms with Crippen LogP contribution in [0.15, 0.2) is 158 Å². The van der Waals surface area contributed by atoms with Crippen LogP contribution in [0, 0.1) is 11.8 Å². The average molecular weight is 1130 g/mol. The molecule has 0 saturated carbocycles. The second-order valence-corrected chi connectivity index (χ2v) is 21.8. The molecule has 83 heavy (non-hydrogen) atoms. The van der Waals surface area contributed by atoms with E-state index in [0.717, 1.165) is 65.6 Å². The van der Waals surface area contributed by atoms with Gasteiger partial charge in [0, 0.05) is 82.7 Å². The third kappa shape index (κ3) is 16.5. The largest absolute Gasteiger partial charge is 0.481 e. The van der Waals surface area contributed by atoms with Crippen molar-refractivity contribution in [2.45, 2.75) is 103 Å². The Kier molecular flexibility index (Phi) is 21.8. The van der Waals surface area contributed by atoms with E-state index in [2.05, 4.69) is 38.1 Å². The number of carbonyl (C=O) groups excluding carboxylic acids is 5. The fraction of sp³-hybridized carbons (Fsp3) is 0.343. The van der Waals surface area contributed by atoms with Crippen molar-refractivity contribution in [2.75, 3.05) is 34.3 Å². The van der Waals surface area contributed by atoms with Gasteiger partial charge in [0.25, 0.3) is 0 Å². The summed E-state index contributed by atoms with van der Waals surface area (Å²) >= 11 is 0. The minimum absolute atomic E-state index is 0.0758. The maximum absolute atomic E-state index is 14.2. The van der Waals surface area contributed by atoms with Crippen molar-refractivity contribution in [1.82, 2.24) is 40.6 Å². The Balaban J connectivity index is 0.000000230. The SMILES string of the molecule is CNC(=O)[C@H](Cc1ccc2ccccc2c1)N(CCC(=O)O)C(=O)[C@H](CC(C)C)NCc1cnc2ccccc2c1.CNC(=O)[C@H](Cc1ccc2ccccc2c1)N1CCC(=O)N(Cc2cnc3ccccc3c2)[C@@H](CC(C)C)C1=O.[2H]CF. The normalized spacial score (nSPS) is 14.7. The minimum atomic E-state index is -1.03. The van der Waals surface area contributed by atoms with E-state index < -0.39 is 37.3 Å². The first-order valence-corrected chi connectivity index (χ1v) is 28.3. The number of nitrogens with one attached hydrogen (secondary N) is 3. The van der Waals surface area contributed by atoms with Crippen molar-refractivity contribution in [2.24, 2.45) is 11.8 Å². The highest BCUT2D eigenvalue weighted by Crippen LogP contribution is 2.27. The first-order valence-electron chi connectivity index (χ1n) is 29.0. The first-order chi connectivity index (χ1) is 40.5. The monoisotopic (exact) mass is 1130 g/mol. The number of fused-ring (bicyclic) bond motifs is 4. The number of benzene rings is 6. The number of halogens is 1. The number of nitrogens with zero attached hydrogens (tertiary/aromatic N) is 5. The van der Waals surface area contributed by atoms with E-state index in [9.17, 15) is 38.3 Å². The third-order valence-corrected chi connectivity index (χ3v) is 14.9. The number of para-hydroxylation sites is 2. The molecule has 0 aliphatic carbocycles. The Morgan fingerprint density at radius 2 is 1.18 bits per heavy atom. The number of hydrogen-bond donors (Lipinski definition) is 4. The number of alkyl halides is 1. The molecular weight excluding hydrogens is 1050 g/mol. The molecule has 0 unspecified atom stereocenters. The van der Waals surface area contributed by atoms with E-state index in [4.69, 9.17) is 1.37 Å². The lowest BCUT2D eigenvalue weighted by molar-refractivity contribution is -0.146. The molecule has 3 heterocycles. The smallest absolute Gasteiger partial charge is 0.305 e. The van der Waals surface area contributed by atoms with Crippen molar-refractivity contribution in [3.05, 3.63) is 180 Å². The molecule has 4 atom stereocenters. The molecule has 15 nitrogen and oxygen atoms in total. The van der Waals surface area contributed by atoms with Gasteiger partial charge in [-0.15, -0.1) is 0 Å². The summed E-state index contributed by atoms with van der Waals surface area (Å²) < 4.78 is 15.5. The summed E-state index contributed by atoms with van der Waals surface area (Å²) in [5.74, 6) is -1.78. The van der Waals surface area contributed by atoms with Crippen LogP contribution < -0.4 is 16.0 Å². The highest BCUT2D eigenvalue weighted by Gasteiger charge is 2.41. The number of likely N-dealkylation sites (N-methyl/N-ethyl adjacent to an activating group) is 2. The van der Waals surface area contributed by atoms with Crippen LogP contribution in [-0.2, 0) is 54.7 Å². The van der Waals surface area contributed by atoms with Crippen LogP contribution in [0.3, 0.4) is 0 Å². The Morgan fingerprint density at radius 1 is 0.675 bits per heavy atom. The summed E-state index contributed by atoms with van der Waals surface area (Å²) in [6.07, 6.45) is 5.14. The van der Waals surface area contributed by atoms with Crippen LogP contribution in [0.1, 0.15) is 77.0 Å². The van der Waals surface area contributed by atoms with Gasteiger partial charge in [-0.25, -0.2) is 0 Å². The number of amides is 5. The molecule has 9 rings (SSSR count). The zero-order valence-corrected chi connectivity index (χ0v) is 48.3. The van der Waals surface area contributed by atoms with Gasteiger partial charge in [-0.1, -0.05) is 149 Å². The number of aliphatic carboxylic acids is 1. The van der Waals surface area contributed by atoms with Crippen LogP contribution in [0.2, 0.25) is 0 Å². The van der Waals surface area contributed by atoms with E-state index in [1.54, 1.807) is 29.2 Å². The van der Waals surface area contributed by atoms with Gasteiger partial charge < -0.3 is 35.8 Å². The predicted molar refractivity (Wildman–Crippen MR) is 326 cm³/mol. The first kappa shape index (κ1) is 60.5. The van der Waals surface area contributed by atoms with Gasteiger partial charge in [0.15, 0.2) is 0 Å². The number of aromatic nitrogens is 2. The molecule has 8 aromatic rings. The molecule has 1 aliphatic heterocycles. The number of pyridine rings is 2. The molecule has 16 heteroatoms. The van der Waals surface area contributed by atoms with Gasteiger partial charge in [-0.05, 0) is 92.7 Å². The molecule has 1 aliphatic rings. The quantitative estimate of drug-likeness (QED) is 0.0538. The standard InChI is InChI=1S/C33H38N4O4.C33H36N4O3.CH3F/c1-22(2)16-29(36-21-24-18-27-10-6-7-11-28(27)35-20-24)33(41)37(15-14-31(38)39)30(32(40)34-3)19-23-12-13-25-8-4-5-9-26(25)17-23;1-22(2)16-30-33(40)36(29(32(39)34-3)19-23-12-13-25-8-4-5-9-26(25)17-23)15-14-31(38)37(30)21-24-18-27-10-6-7-11-28(27)35-20-24;1-2/h4-13,17-18,20,22,29-30,36H,14-16,19,21H2,1-3H3,(H,34,40)(H,38,39);4-13,17-18,20,22,29-30H,14-16,19,21H2,1-3H3,(H,34,39);1H3/t2*29-,30-;/m00./s1/i;;1D. The van der Waals surface area contributed by atoms with Gasteiger partial charge in [0.05, 0.1) is 32.0 Å². The molecule has 0 radical (unpaired) electrons. The second kappa shape index (κ2) is 29.9. The summed E-state index contributed by atoms with van der Waals surface area (Å²) in [5, 5.41) is 24.6. The van der Waals surface area contributed by atoms with E-state index in [0.29, 0.717) is 32.4 Å². The summed E-state index contributed by atoms with van der Waals surface area (Å²) in [7, 11) is 2.12. The molecule has 0 spiro atoms. The van der Waals surface area contributed by atoms with E-state index in [1.165, 1.54) is 11.9 Å². The lowest BCUT2D eigenvalue weighted by Crippen LogP contribution is -2.56. The van der Waals surface area contributed by atoms with Crippen LogP contribution in [0.25, 0.3) is 43.4 Å². The summed E-state index contributed by atoms with van der Waals surface area (Å²) in [5.41, 5.74) is 5.45. The van der Waals surface area contributed by atoms with Gasteiger partial charge in [-0.3, -0.25) is 43.1 Å². The molecule has 6 aromatic carbocycles. The predicted octanol–water partition coefficient (Wildman–Crippen LogP) is 9.86.